The third-order valence-corrected chi connectivity index (χ3v) is 8.33. The highest BCUT2D eigenvalue weighted by Gasteiger charge is 2.23. The monoisotopic (exact) mass is 513 g/mol. The van der Waals surface area contributed by atoms with Crippen LogP contribution in [0.25, 0.3) is 22.3 Å². The molecule has 2 aliphatic rings. The molecule has 2 fully saturated rings. The lowest BCUT2D eigenvalue weighted by Crippen LogP contribution is -2.37. The predicted octanol–water partition coefficient (Wildman–Crippen LogP) is 6.78. The van der Waals surface area contributed by atoms with E-state index < -0.39 is 5.82 Å². The van der Waals surface area contributed by atoms with Gasteiger partial charge in [0.2, 0.25) is 5.95 Å². The van der Waals surface area contributed by atoms with Gasteiger partial charge >= 0.3 is 0 Å². The van der Waals surface area contributed by atoms with Gasteiger partial charge in [0.25, 0.3) is 0 Å². The molecular weight excluding hydrogens is 477 g/mol. The van der Waals surface area contributed by atoms with E-state index in [0.29, 0.717) is 29.8 Å². The van der Waals surface area contributed by atoms with Crippen molar-refractivity contribution >= 4 is 22.8 Å². The Hall–Kier alpha value is -3.39. The molecule has 1 aromatic carbocycles. The second-order valence-electron chi connectivity index (χ2n) is 11.1. The number of rotatable bonds is 6. The Morgan fingerprint density at radius 3 is 2.45 bits per heavy atom. The number of imidazole rings is 1. The Morgan fingerprint density at radius 2 is 1.74 bits per heavy atom. The van der Waals surface area contributed by atoms with Gasteiger partial charge in [0.1, 0.15) is 17.3 Å². The van der Waals surface area contributed by atoms with Gasteiger partial charge < -0.3 is 14.8 Å². The summed E-state index contributed by atoms with van der Waals surface area (Å²) in [4.78, 5) is 20.6. The number of pyridine rings is 1. The van der Waals surface area contributed by atoms with E-state index in [1.54, 1.807) is 0 Å². The number of fused-ring (bicyclic) bond motifs is 1. The van der Waals surface area contributed by atoms with Crippen LogP contribution in [0.2, 0.25) is 0 Å². The van der Waals surface area contributed by atoms with E-state index in [9.17, 15) is 4.39 Å². The SMILES string of the molecule is Cc1nc2ccc(-c3nc(Nc4ccc(C5CCN(C(C)C)CC5)cn4)ncc3F)cc2n1C1CCCC1. The van der Waals surface area contributed by atoms with Gasteiger partial charge in [0, 0.05) is 23.8 Å². The average Bonchev–Trinajstić information content (AvgIpc) is 3.57. The van der Waals surface area contributed by atoms with Crippen molar-refractivity contribution in [2.45, 2.75) is 77.3 Å². The summed E-state index contributed by atoms with van der Waals surface area (Å²) in [6.45, 7) is 8.83. The van der Waals surface area contributed by atoms with E-state index in [0.717, 1.165) is 61.2 Å². The van der Waals surface area contributed by atoms with Crippen molar-refractivity contribution in [1.29, 1.82) is 0 Å². The Bertz CT molecular complexity index is 1410. The quantitative estimate of drug-likeness (QED) is 0.306. The van der Waals surface area contributed by atoms with Crippen LogP contribution in [0.1, 0.15) is 75.7 Å². The molecule has 6 rings (SSSR count). The maximum Gasteiger partial charge on any atom is 0.229 e. The van der Waals surface area contributed by atoms with Crippen LogP contribution in [-0.2, 0) is 0 Å². The predicted molar refractivity (Wildman–Crippen MR) is 149 cm³/mol. The van der Waals surface area contributed by atoms with E-state index >= 15 is 0 Å². The topological polar surface area (TPSA) is 71.8 Å². The largest absolute Gasteiger partial charge is 0.325 e. The highest BCUT2D eigenvalue weighted by molar-refractivity contribution is 5.82. The fourth-order valence-electron chi connectivity index (χ4n) is 6.20. The summed E-state index contributed by atoms with van der Waals surface area (Å²) >= 11 is 0. The minimum absolute atomic E-state index is 0.273. The number of piperidine rings is 1. The molecule has 3 aromatic heterocycles. The van der Waals surface area contributed by atoms with Crippen LogP contribution >= 0.6 is 0 Å². The molecule has 7 nitrogen and oxygen atoms in total. The Labute approximate surface area is 223 Å². The van der Waals surface area contributed by atoms with Crippen molar-refractivity contribution in [3.05, 3.63) is 59.9 Å². The number of aryl methyl sites for hydroxylation is 1. The molecule has 0 radical (unpaired) electrons. The molecule has 4 heterocycles. The van der Waals surface area contributed by atoms with Crippen LogP contribution in [0, 0.1) is 12.7 Å². The van der Waals surface area contributed by atoms with Gasteiger partial charge in [-0.1, -0.05) is 25.0 Å². The van der Waals surface area contributed by atoms with Gasteiger partial charge in [0.15, 0.2) is 5.82 Å². The molecule has 1 saturated carbocycles. The fraction of sp³-hybridized carbons (Fsp3) is 0.467. The van der Waals surface area contributed by atoms with Gasteiger partial charge in [-0.05, 0) is 89.2 Å². The lowest BCUT2D eigenvalue weighted by Gasteiger charge is -2.34. The van der Waals surface area contributed by atoms with Crippen molar-refractivity contribution < 1.29 is 4.39 Å². The molecule has 198 valence electrons. The van der Waals surface area contributed by atoms with Crippen molar-refractivity contribution in [3.8, 4) is 11.3 Å². The molecule has 0 unspecified atom stereocenters. The second-order valence-corrected chi connectivity index (χ2v) is 11.1. The van der Waals surface area contributed by atoms with Crippen LogP contribution in [-0.4, -0.2) is 48.5 Å². The van der Waals surface area contributed by atoms with E-state index in [-0.39, 0.29) is 5.69 Å². The first-order valence-electron chi connectivity index (χ1n) is 13.9. The molecular formula is C30H36FN7. The number of likely N-dealkylation sites (tertiary alicyclic amines) is 1. The van der Waals surface area contributed by atoms with Crippen LogP contribution in [0.15, 0.2) is 42.7 Å². The molecule has 38 heavy (non-hydrogen) atoms. The fourth-order valence-corrected chi connectivity index (χ4v) is 6.20. The summed E-state index contributed by atoms with van der Waals surface area (Å²) < 4.78 is 17.3. The standard InChI is InChI=1S/C30H36FN7/c1-19(2)37-14-12-21(13-15-37)23-9-11-28(32-17-23)35-30-33-18-25(31)29(36-30)22-8-10-26-27(16-22)38(20(3)34-26)24-6-4-5-7-24/h8-11,16-19,21,24H,4-7,12-15H2,1-3H3,(H,32,33,35,36). The van der Waals surface area contributed by atoms with Crippen LogP contribution < -0.4 is 5.32 Å². The molecule has 0 atom stereocenters. The lowest BCUT2D eigenvalue weighted by molar-refractivity contribution is 0.172. The average molecular weight is 514 g/mol. The van der Waals surface area contributed by atoms with Gasteiger partial charge in [-0.2, -0.15) is 0 Å². The molecule has 0 amide bonds. The summed E-state index contributed by atoms with van der Waals surface area (Å²) in [5, 5.41) is 3.17. The Kier molecular flexibility index (Phi) is 6.82. The number of hydrogen-bond acceptors (Lipinski definition) is 6. The van der Waals surface area contributed by atoms with Crippen LogP contribution in [0.5, 0.6) is 0 Å². The van der Waals surface area contributed by atoms with Gasteiger partial charge in [-0.25, -0.2) is 24.3 Å². The normalized spacial score (nSPS) is 17.6. The van der Waals surface area contributed by atoms with Crippen molar-refractivity contribution in [2.24, 2.45) is 0 Å². The number of nitrogens with one attached hydrogen (secondary N) is 1. The summed E-state index contributed by atoms with van der Waals surface area (Å²) in [7, 11) is 0. The number of benzene rings is 1. The third kappa shape index (κ3) is 4.89. The second kappa shape index (κ2) is 10.4. The summed E-state index contributed by atoms with van der Waals surface area (Å²) in [6.07, 6.45) is 10.3. The number of hydrogen-bond donors (Lipinski definition) is 1. The van der Waals surface area contributed by atoms with Crippen molar-refractivity contribution in [3.63, 3.8) is 0 Å². The summed E-state index contributed by atoms with van der Waals surface area (Å²) in [5.74, 6) is 2.07. The minimum atomic E-state index is -0.449. The van der Waals surface area contributed by atoms with E-state index in [4.69, 9.17) is 4.98 Å². The molecule has 1 aliphatic heterocycles. The highest BCUT2D eigenvalue weighted by atomic mass is 19.1. The Balaban J connectivity index is 1.21. The molecule has 1 aliphatic carbocycles. The van der Waals surface area contributed by atoms with E-state index in [2.05, 4.69) is 56.6 Å². The number of anilines is 2. The molecule has 4 aromatic rings. The number of aromatic nitrogens is 5. The third-order valence-electron chi connectivity index (χ3n) is 8.33. The Morgan fingerprint density at radius 1 is 0.947 bits per heavy atom. The molecule has 0 bridgehead atoms. The molecule has 1 saturated heterocycles. The van der Waals surface area contributed by atoms with Gasteiger partial charge in [0.05, 0.1) is 17.2 Å². The summed E-state index contributed by atoms with van der Waals surface area (Å²) in [6, 6.07) is 11.0. The lowest BCUT2D eigenvalue weighted by atomic mass is 9.90. The number of halogens is 1. The smallest absolute Gasteiger partial charge is 0.229 e. The molecule has 1 N–H and O–H groups in total. The van der Waals surface area contributed by atoms with Crippen molar-refractivity contribution in [1.82, 2.24) is 29.4 Å². The first-order chi connectivity index (χ1) is 18.5. The van der Waals surface area contributed by atoms with Crippen LogP contribution in [0.4, 0.5) is 16.2 Å². The minimum Gasteiger partial charge on any atom is -0.325 e. The van der Waals surface area contributed by atoms with Crippen LogP contribution in [0.3, 0.4) is 0 Å². The van der Waals surface area contributed by atoms with Gasteiger partial charge in [-0.3, -0.25) is 0 Å². The molecule has 8 heteroatoms. The highest BCUT2D eigenvalue weighted by Crippen LogP contribution is 2.35. The first-order valence-corrected chi connectivity index (χ1v) is 13.9. The summed E-state index contributed by atoms with van der Waals surface area (Å²) in [5.41, 5.74) is 4.23. The van der Waals surface area contributed by atoms with E-state index in [1.807, 2.05) is 30.5 Å². The molecule has 0 spiro atoms. The zero-order valence-electron chi connectivity index (χ0n) is 22.5. The maximum absolute atomic E-state index is 14.9. The van der Waals surface area contributed by atoms with E-state index in [1.165, 1.54) is 24.6 Å². The zero-order chi connectivity index (χ0) is 26.2. The number of nitrogens with zero attached hydrogens (tertiary/aromatic N) is 6. The first kappa shape index (κ1) is 24.9. The van der Waals surface area contributed by atoms with Gasteiger partial charge in [-0.15, -0.1) is 0 Å². The maximum atomic E-state index is 14.9. The van der Waals surface area contributed by atoms with Crippen molar-refractivity contribution in [2.75, 3.05) is 18.4 Å². The zero-order valence-corrected chi connectivity index (χ0v) is 22.5.